The molecule has 0 aromatic heterocycles. The molecule has 9 heteroatoms. The standard InChI is InChI=1S/C28H24N2O5S2/c1-2-20-7-3-4-9-22(20)29-26(31)16-33-21-8-5-6-18(12-21)14-25-27(32)30(28(36)37-25)15-19-10-11-23-24(13-19)35-17-34-23/h3-14H,2,15-17H2,1H3,(H,29,31)/b25-14-. The fraction of sp³-hybridized carbons (Fsp3) is 0.179. The van der Waals surface area contributed by atoms with Crippen molar-refractivity contribution in [2.75, 3.05) is 18.7 Å². The molecular formula is C28H24N2O5S2. The van der Waals surface area contributed by atoms with Gasteiger partial charge < -0.3 is 19.5 Å². The summed E-state index contributed by atoms with van der Waals surface area (Å²) in [6.07, 6.45) is 2.60. The van der Waals surface area contributed by atoms with Gasteiger partial charge in [0.15, 0.2) is 18.1 Å². The molecule has 0 unspecified atom stereocenters. The third kappa shape index (κ3) is 5.79. The highest BCUT2D eigenvalue weighted by Gasteiger charge is 2.32. The Morgan fingerprint density at radius 1 is 1.11 bits per heavy atom. The van der Waals surface area contributed by atoms with Crippen molar-refractivity contribution >= 4 is 51.9 Å². The number of thioether (sulfide) groups is 1. The van der Waals surface area contributed by atoms with Crippen molar-refractivity contribution < 1.29 is 23.8 Å². The van der Waals surface area contributed by atoms with Crippen molar-refractivity contribution in [3.05, 3.63) is 88.3 Å². The number of hydrogen-bond donors (Lipinski definition) is 1. The molecule has 188 valence electrons. The predicted octanol–water partition coefficient (Wildman–Crippen LogP) is 5.40. The largest absolute Gasteiger partial charge is 0.484 e. The lowest BCUT2D eigenvalue weighted by molar-refractivity contribution is -0.122. The molecule has 0 aliphatic carbocycles. The second-order valence-corrected chi connectivity index (χ2v) is 10.1. The highest BCUT2D eigenvalue weighted by molar-refractivity contribution is 8.26. The number of aryl methyl sites for hydroxylation is 1. The van der Waals surface area contributed by atoms with Gasteiger partial charge in [-0.1, -0.05) is 67.3 Å². The molecule has 0 atom stereocenters. The number of thiocarbonyl (C=S) groups is 1. The van der Waals surface area contributed by atoms with Crippen LogP contribution in [0.5, 0.6) is 17.2 Å². The Balaban J connectivity index is 1.22. The molecule has 0 saturated carbocycles. The number of ether oxygens (including phenoxy) is 3. The molecule has 0 radical (unpaired) electrons. The van der Waals surface area contributed by atoms with Gasteiger partial charge in [0, 0.05) is 5.69 Å². The number of para-hydroxylation sites is 1. The number of nitrogens with zero attached hydrogens (tertiary/aromatic N) is 1. The second kappa shape index (κ2) is 11.1. The summed E-state index contributed by atoms with van der Waals surface area (Å²) < 4.78 is 17.0. The zero-order valence-corrected chi connectivity index (χ0v) is 21.7. The third-order valence-corrected chi connectivity index (χ3v) is 7.23. The van der Waals surface area contributed by atoms with E-state index in [9.17, 15) is 9.59 Å². The Morgan fingerprint density at radius 2 is 1.95 bits per heavy atom. The van der Waals surface area contributed by atoms with E-state index in [4.69, 9.17) is 26.4 Å². The lowest BCUT2D eigenvalue weighted by Gasteiger charge is -2.14. The summed E-state index contributed by atoms with van der Waals surface area (Å²) in [6, 6.07) is 20.5. The maximum absolute atomic E-state index is 13.1. The first-order valence-electron chi connectivity index (χ1n) is 11.7. The zero-order chi connectivity index (χ0) is 25.8. The zero-order valence-electron chi connectivity index (χ0n) is 20.1. The van der Waals surface area contributed by atoms with Crippen LogP contribution in [0.2, 0.25) is 0 Å². The van der Waals surface area contributed by atoms with Crippen molar-refractivity contribution in [2.24, 2.45) is 0 Å². The van der Waals surface area contributed by atoms with Gasteiger partial charge in [0.2, 0.25) is 6.79 Å². The molecule has 2 heterocycles. The highest BCUT2D eigenvalue weighted by atomic mass is 32.2. The van der Waals surface area contributed by atoms with Crippen LogP contribution in [0.1, 0.15) is 23.6 Å². The number of amides is 2. The molecular weight excluding hydrogens is 508 g/mol. The molecule has 0 spiro atoms. The number of anilines is 1. The number of hydrogen-bond acceptors (Lipinski definition) is 7. The van der Waals surface area contributed by atoms with Crippen molar-refractivity contribution in [3.8, 4) is 17.2 Å². The first kappa shape index (κ1) is 24.9. The van der Waals surface area contributed by atoms with Crippen molar-refractivity contribution in [1.82, 2.24) is 4.90 Å². The molecule has 3 aromatic carbocycles. The van der Waals surface area contributed by atoms with Crippen LogP contribution < -0.4 is 19.5 Å². The summed E-state index contributed by atoms with van der Waals surface area (Å²) in [4.78, 5) is 27.6. The molecule has 1 fully saturated rings. The van der Waals surface area contributed by atoms with Gasteiger partial charge >= 0.3 is 0 Å². The number of carbonyl (C=O) groups is 2. The summed E-state index contributed by atoms with van der Waals surface area (Å²) >= 11 is 6.74. The summed E-state index contributed by atoms with van der Waals surface area (Å²) in [5.41, 5.74) is 3.53. The predicted molar refractivity (Wildman–Crippen MR) is 148 cm³/mol. The van der Waals surface area contributed by atoms with Gasteiger partial charge in [-0.2, -0.15) is 0 Å². The Labute approximate surface area is 224 Å². The first-order valence-corrected chi connectivity index (χ1v) is 13.0. The average molecular weight is 533 g/mol. The van der Waals surface area contributed by atoms with Crippen molar-refractivity contribution in [3.63, 3.8) is 0 Å². The summed E-state index contributed by atoms with van der Waals surface area (Å²) in [5, 5.41) is 2.90. The molecule has 3 aromatic rings. The monoisotopic (exact) mass is 532 g/mol. The van der Waals surface area contributed by atoms with E-state index < -0.39 is 0 Å². The minimum absolute atomic E-state index is 0.126. The number of fused-ring (bicyclic) bond motifs is 1. The normalized spacial score (nSPS) is 15.4. The molecule has 1 saturated heterocycles. The number of carbonyl (C=O) groups excluding carboxylic acids is 2. The van der Waals surface area contributed by atoms with Gasteiger partial charge in [-0.3, -0.25) is 14.5 Å². The first-order chi connectivity index (χ1) is 18.0. The van der Waals surface area contributed by atoms with Crippen LogP contribution in [-0.2, 0) is 22.6 Å². The van der Waals surface area contributed by atoms with E-state index in [0.29, 0.717) is 33.0 Å². The van der Waals surface area contributed by atoms with Gasteiger partial charge in [0.1, 0.15) is 10.1 Å². The van der Waals surface area contributed by atoms with E-state index in [0.717, 1.165) is 28.8 Å². The lowest BCUT2D eigenvalue weighted by Crippen LogP contribution is -2.27. The fourth-order valence-electron chi connectivity index (χ4n) is 3.99. The van der Waals surface area contributed by atoms with E-state index >= 15 is 0 Å². The third-order valence-electron chi connectivity index (χ3n) is 5.85. The summed E-state index contributed by atoms with van der Waals surface area (Å²) in [7, 11) is 0. The number of nitrogens with one attached hydrogen (secondary N) is 1. The van der Waals surface area contributed by atoms with Gasteiger partial charge in [-0.25, -0.2) is 0 Å². The van der Waals surface area contributed by atoms with Gasteiger partial charge in [0.25, 0.3) is 11.8 Å². The fourth-order valence-corrected chi connectivity index (χ4v) is 5.24. The average Bonchev–Trinajstić information content (AvgIpc) is 3.48. The Hall–Kier alpha value is -3.82. The maximum atomic E-state index is 13.1. The Bertz CT molecular complexity index is 1400. The van der Waals surface area contributed by atoms with Crippen LogP contribution in [0.15, 0.2) is 71.6 Å². The topological polar surface area (TPSA) is 77.1 Å². The highest BCUT2D eigenvalue weighted by Crippen LogP contribution is 2.36. The molecule has 5 rings (SSSR count). The minimum Gasteiger partial charge on any atom is -0.484 e. The minimum atomic E-state index is -0.240. The molecule has 7 nitrogen and oxygen atoms in total. The Kier molecular flexibility index (Phi) is 7.43. The molecule has 2 amide bonds. The summed E-state index contributed by atoms with van der Waals surface area (Å²) in [5.74, 6) is 1.49. The van der Waals surface area contributed by atoms with Gasteiger partial charge in [-0.15, -0.1) is 0 Å². The van der Waals surface area contributed by atoms with Crippen LogP contribution in [0.25, 0.3) is 6.08 Å². The van der Waals surface area contributed by atoms with Crippen LogP contribution in [0, 0.1) is 0 Å². The quantitative estimate of drug-likeness (QED) is 0.308. The molecule has 0 bridgehead atoms. The van der Waals surface area contributed by atoms with E-state index in [1.165, 1.54) is 11.8 Å². The van der Waals surface area contributed by atoms with E-state index in [-0.39, 0.29) is 25.2 Å². The molecule has 1 N–H and O–H groups in total. The smallest absolute Gasteiger partial charge is 0.266 e. The number of benzene rings is 3. The molecule has 2 aliphatic heterocycles. The van der Waals surface area contributed by atoms with Crippen molar-refractivity contribution in [1.29, 1.82) is 0 Å². The Morgan fingerprint density at radius 3 is 2.81 bits per heavy atom. The van der Waals surface area contributed by atoms with E-state index in [1.54, 1.807) is 23.1 Å². The lowest BCUT2D eigenvalue weighted by atomic mass is 10.1. The van der Waals surface area contributed by atoms with Crippen LogP contribution >= 0.6 is 24.0 Å². The van der Waals surface area contributed by atoms with Gasteiger partial charge in [0.05, 0.1) is 11.4 Å². The van der Waals surface area contributed by atoms with Crippen LogP contribution in [-0.4, -0.2) is 34.4 Å². The van der Waals surface area contributed by atoms with Gasteiger partial charge in [-0.05, 0) is 59.5 Å². The summed E-state index contributed by atoms with van der Waals surface area (Å²) in [6.45, 7) is 2.46. The van der Waals surface area contributed by atoms with E-state index in [2.05, 4.69) is 5.32 Å². The van der Waals surface area contributed by atoms with Crippen molar-refractivity contribution in [2.45, 2.75) is 19.9 Å². The van der Waals surface area contributed by atoms with Crippen LogP contribution in [0.4, 0.5) is 5.69 Å². The molecule has 37 heavy (non-hydrogen) atoms. The van der Waals surface area contributed by atoms with E-state index in [1.807, 2.05) is 61.5 Å². The maximum Gasteiger partial charge on any atom is 0.266 e. The van der Waals surface area contributed by atoms with Crippen LogP contribution in [0.3, 0.4) is 0 Å². The number of rotatable bonds is 8. The SMILES string of the molecule is CCc1ccccc1NC(=O)COc1cccc(/C=C2\SC(=S)N(Cc3ccc4c(c3)OCO4)C2=O)c1. The second-order valence-electron chi connectivity index (χ2n) is 8.38. The molecule has 2 aliphatic rings.